The summed E-state index contributed by atoms with van der Waals surface area (Å²) < 4.78 is 20.7. The molecule has 2 rings (SSSR count). The van der Waals surface area contributed by atoms with Crippen molar-refractivity contribution >= 4 is 41.5 Å². The zero-order valence-corrected chi connectivity index (χ0v) is 39.5. The minimum absolute atomic E-state index is 0.0503. The van der Waals surface area contributed by atoms with E-state index in [0.29, 0.717) is 37.7 Å². The molecule has 2 N–H and O–H groups in total. The third-order valence-corrected chi connectivity index (χ3v) is 10.5. The number of carbonyl (C=O) groups excluding carboxylic acids is 7. The lowest BCUT2D eigenvalue weighted by Gasteiger charge is -2.33. The van der Waals surface area contributed by atoms with Crippen molar-refractivity contribution in [1.29, 1.82) is 0 Å². The number of Topliss-reactive ketones (excluding diaryl/α,β-unsaturated/α-hetero) is 1. The van der Waals surface area contributed by atoms with Gasteiger partial charge in [0.05, 0.1) is 0 Å². The molecular formula is C50H76N2O11. The monoisotopic (exact) mass is 881 g/mol. The van der Waals surface area contributed by atoms with Crippen LogP contribution < -0.4 is 10.6 Å². The predicted molar refractivity (Wildman–Crippen MR) is 244 cm³/mol. The molecule has 2 aromatic rings. The highest BCUT2D eigenvalue weighted by Gasteiger charge is 2.35. The van der Waals surface area contributed by atoms with E-state index in [1.807, 2.05) is 24.3 Å². The molecule has 0 unspecified atom stereocenters. The highest BCUT2D eigenvalue weighted by Crippen LogP contribution is 2.21. The van der Waals surface area contributed by atoms with E-state index in [1.54, 1.807) is 0 Å². The molecule has 0 bridgehead atoms. The normalized spacial score (nSPS) is 11.0. The van der Waals surface area contributed by atoms with Crippen molar-refractivity contribution in [3.05, 3.63) is 70.8 Å². The minimum Gasteiger partial charge on any atom is -0.463 e. The van der Waals surface area contributed by atoms with Crippen LogP contribution in [0.1, 0.15) is 172 Å². The van der Waals surface area contributed by atoms with Crippen LogP contribution in [0, 0.1) is 0 Å². The summed E-state index contributed by atoms with van der Waals surface area (Å²) in [6.07, 6.45) is 16.9. The van der Waals surface area contributed by atoms with Crippen LogP contribution in [0.4, 0.5) is 0 Å². The first kappa shape index (κ1) is 55.9. The van der Waals surface area contributed by atoms with Gasteiger partial charge in [-0.2, -0.15) is 0 Å². The molecule has 2 amide bonds. The molecule has 352 valence electrons. The summed E-state index contributed by atoms with van der Waals surface area (Å²) in [6.45, 7) is 12.0. The number of amides is 2. The standard InChI is InChI=1S/C25H37NO6.C25H39NO5/c1-5-6-7-8-9-10-24(30)23-13-11-22(12-14-23)15-16-25(26-19(2)27,17-31-20(3)28)18-32-21(4)29;1-5-6-7-8-9-10-11-23-12-14-24(15-13-23)16-17-25(26-20(2)27,18-30-21(3)28)19-31-22(4)29/h11-14H,5-10,15-18H2,1-4H3,(H,26,27);12-15H,5-11,16-19H2,1-4H3,(H,26,27). The Morgan fingerprint density at radius 1 is 0.429 bits per heavy atom. The van der Waals surface area contributed by atoms with Crippen molar-refractivity contribution < 1.29 is 52.5 Å². The Morgan fingerprint density at radius 3 is 1.10 bits per heavy atom. The lowest BCUT2D eigenvalue weighted by molar-refractivity contribution is -0.151. The largest absolute Gasteiger partial charge is 0.463 e. The van der Waals surface area contributed by atoms with E-state index in [-0.39, 0.29) is 44.0 Å². The summed E-state index contributed by atoms with van der Waals surface area (Å²) in [5.41, 5.74) is 2.11. The maximum Gasteiger partial charge on any atom is 0.302 e. The van der Waals surface area contributed by atoms with Crippen molar-refractivity contribution in [2.45, 2.75) is 176 Å². The molecule has 0 fully saturated rings. The number of unbranched alkanes of at least 4 members (excludes halogenated alkanes) is 9. The second-order valence-electron chi connectivity index (χ2n) is 16.7. The van der Waals surface area contributed by atoms with E-state index in [0.717, 1.165) is 30.4 Å². The van der Waals surface area contributed by atoms with E-state index < -0.39 is 35.0 Å². The van der Waals surface area contributed by atoms with Gasteiger partial charge in [0.15, 0.2) is 5.78 Å². The van der Waals surface area contributed by atoms with Crippen molar-refractivity contribution in [2.75, 3.05) is 26.4 Å². The number of hydrogen-bond acceptors (Lipinski definition) is 11. The van der Waals surface area contributed by atoms with Crippen LogP contribution in [0.25, 0.3) is 0 Å². The Bertz CT molecular complexity index is 1650. The molecule has 63 heavy (non-hydrogen) atoms. The number of benzene rings is 2. The number of ether oxygens (including phenoxy) is 4. The summed E-state index contributed by atoms with van der Waals surface area (Å²) in [5, 5.41) is 5.64. The van der Waals surface area contributed by atoms with E-state index in [2.05, 4.69) is 48.7 Å². The van der Waals surface area contributed by atoms with E-state index in [1.165, 1.54) is 105 Å². The maximum atomic E-state index is 12.4. The summed E-state index contributed by atoms with van der Waals surface area (Å²) >= 11 is 0. The van der Waals surface area contributed by atoms with Crippen molar-refractivity contribution in [3.8, 4) is 0 Å². The van der Waals surface area contributed by atoms with Crippen LogP contribution in [-0.4, -0.2) is 79.0 Å². The maximum absolute atomic E-state index is 12.4. The van der Waals surface area contributed by atoms with Crippen molar-refractivity contribution in [3.63, 3.8) is 0 Å². The molecule has 13 heteroatoms. The summed E-state index contributed by atoms with van der Waals surface area (Å²) in [7, 11) is 0. The highest BCUT2D eigenvalue weighted by molar-refractivity contribution is 5.96. The molecule has 0 atom stereocenters. The van der Waals surface area contributed by atoms with Crippen LogP contribution in [0.3, 0.4) is 0 Å². The fourth-order valence-corrected chi connectivity index (χ4v) is 6.99. The van der Waals surface area contributed by atoms with Crippen LogP contribution in [0.2, 0.25) is 0 Å². The smallest absolute Gasteiger partial charge is 0.302 e. The predicted octanol–water partition coefficient (Wildman–Crippen LogP) is 8.69. The Kier molecular flexibility index (Phi) is 28.2. The molecule has 0 radical (unpaired) electrons. The number of aryl methyl sites for hydroxylation is 3. The molecule has 2 aromatic carbocycles. The van der Waals surface area contributed by atoms with Gasteiger partial charge in [-0.05, 0) is 61.6 Å². The van der Waals surface area contributed by atoms with Gasteiger partial charge in [-0.1, -0.05) is 120 Å². The van der Waals surface area contributed by atoms with E-state index in [4.69, 9.17) is 18.9 Å². The Balaban J connectivity index is 0.000000630. The quantitative estimate of drug-likeness (QED) is 0.0332. The van der Waals surface area contributed by atoms with Crippen LogP contribution in [0.15, 0.2) is 48.5 Å². The Morgan fingerprint density at radius 2 is 0.746 bits per heavy atom. The third-order valence-electron chi connectivity index (χ3n) is 10.5. The highest BCUT2D eigenvalue weighted by atomic mass is 16.6. The first-order valence-corrected chi connectivity index (χ1v) is 22.7. The molecule has 0 aromatic heterocycles. The fraction of sp³-hybridized carbons (Fsp3) is 0.620. The topological polar surface area (TPSA) is 180 Å². The minimum atomic E-state index is -1.03. The van der Waals surface area contributed by atoms with E-state index >= 15 is 0 Å². The first-order chi connectivity index (χ1) is 29.9. The van der Waals surface area contributed by atoms with Gasteiger partial charge in [0.2, 0.25) is 11.8 Å². The lowest BCUT2D eigenvalue weighted by atomic mass is 9.91. The van der Waals surface area contributed by atoms with Crippen LogP contribution in [-0.2, 0) is 67.0 Å². The number of esters is 4. The van der Waals surface area contributed by atoms with Gasteiger partial charge < -0.3 is 29.6 Å². The van der Waals surface area contributed by atoms with Crippen molar-refractivity contribution in [2.24, 2.45) is 0 Å². The molecular weight excluding hydrogens is 805 g/mol. The Labute approximate surface area is 376 Å². The van der Waals surface area contributed by atoms with Gasteiger partial charge in [-0.15, -0.1) is 0 Å². The molecule has 13 nitrogen and oxygen atoms in total. The molecule has 0 aliphatic rings. The molecule has 0 saturated carbocycles. The lowest BCUT2D eigenvalue weighted by Crippen LogP contribution is -2.55. The third kappa shape index (κ3) is 26.9. The number of nitrogens with one attached hydrogen (secondary N) is 2. The zero-order chi connectivity index (χ0) is 47.1. The van der Waals surface area contributed by atoms with Crippen molar-refractivity contribution in [1.82, 2.24) is 10.6 Å². The van der Waals surface area contributed by atoms with E-state index in [9.17, 15) is 33.6 Å². The SMILES string of the molecule is CCCCCCCC(=O)c1ccc(CCC(COC(C)=O)(COC(C)=O)NC(C)=O)cc1.CCCCCCCCc1ccc(CCC(COC(C)=O)(COC(C)=O)NC(C)=O)cc1. The molecule has 0 spiro atoms. The number of carbonyl (C=O) groups is 7. The molecule has 0 saturated heterocycles. The average Bonchev–Trinajstić information content (AvgIpc) is 3.23. The number of rotatable bonds is 30. The first-order valence-electron chi connectivity index (χ1n) is 22.7. The summed E-state index contributed by atoms with van der Waals surface area (Å²) in [4.78, 5) is 81.3. The second kappa shape index (κ2) is 31.7. The van der Waals surface area contributed by atoms with Gasteiger partial charge in [-0.3, -0.25) is 33.6 Å². The molecule has 0 aliphatic carbocycles. The van der Waals surface area contributed by atoms with Gasteiger partial charge in [0.1, 0.15) is 37.5 Å². The van der Waals surface area contributed by atoms with Gasteiger partial charge in [0.25, 0.3) is 0 Å². The number of hydrogen-bond donors (Lipinski definition) is 2. The number of ketones is 1. The van der Waals surface area contributed by atoms with Crippen LogP contribution >= 0.6 is 0 Å². The zero-order valence-electron chi connectivity index (χ0n) is 39.5. The summed E-state index contributed by atoms with van der Waals surface area (Å²) in [6, 6.07) is 15.9. The fourth-order valence-electron chi connectivity index (χ4n) is 6.99. The molecule has 0 aliphatic heterocycles. The van der Waals surface area contributed by atoms with Gasteiger partial charge >= 0.3 is 23.9 Å². The second-order valence-corrected chi connectivity index (χ2v) is 16.7. The average molecular weight is 881 g/mol. The molecule has 0 heterocycles. The van der Waals surface area contributed by atoms with Gasteiger partial charge in [-0.25, -0.2) is 0 Å². The summed E-state index contributed by atoms with van der Waals surface area (Å²) in [5.74, 6) is -2.31. The van der Waals surface area contributed by atoms with Crippen LogP contribution in [0.5, 0.6) is 0 Å². The Hall–Kier alpha value is -5.07. The van der Waals surface area contributed by atoms with Gasteiger partial charge in [0, 0.05) is 53.5 Å².